The van der Waals surface area contributed by atoms with E-state index in [9.17, 15) is 0 Å². The average molecular weight is 274 g/mol. The topological polar surface area (TPSA) is 24.9 Å². The van der Waals surface area contributed by atoms with E-state index in [1.165, 1.54) is 16.0 Å². The van der Waals surface area contributed by atoms with Crippen molar-refractivity contribution in [3.8, 4) is 10.4 Å². The highest BCUT2D eigenvalue weighted by Crippen LogP contribution is 2.31. The lowest BCUT2D eigenvalue weighted by Gasteiger charge is -2.18. The maximum atomic E-state index is 4.41. The van der Waals surface area contributed by atoms with Crippen LogP contribution in [0.25, 0.3) is 10.4 Å². The first-order valence-corrected chi connectivity index (χ1v) is 7.63. The van der Waals surface area contributed by atoms with E-state index in [0.29, 0.717) is 0 Å². The molecule has 1 aromatic heterocycles. The summed E-state index contributed by atoms with van der Waals surface area (Å²) in [7, 11) is 0. The maximum absolute atomic E-state index is 4.41. The quantitative estimate of drug-likeness (QED) is 0.855. The minimum atomic E-state index is 0.208. The summed E-state index contributed by atoms with van der Waals surface area (Å²) in [5, 5.41) is 4.34. The van der Waals surface area contributed by atoms with Crippen molar-refractivity contribution in [1.82, 2.24) is 4.98 Å². The lowest BCUT2D eigenvalue weighted by molar-refractivity contribution is 0.590. The van der Waals surface area contributed by atoms with Crippen molar-refractivity contribution in [2.24, 2.45) is 0 Å². The van der Waals surface area contributed by atoms with Gasteiger partial charge in [0.2, 0.25) is 0 Å². The van der Waals surface area contributed by atoms with Crippen molar-refractivity contribution in [3.05, 3.63) is 36.0 Å². The van der Waals surface area contributed by atoms with Crippen molar-refractivity contribution in [1.29, 1.82) is 0 Å². The summed E-state index contributed by atoms with van der Waals surface area (Å²) in [6.07, 6.45) is 3.07. The Labute approximate surface area is 119 Å². The van der Waals surface area contributed by atoms with E-state index >= 15 is 0 Å². The molecule has 0 spiro atoms. The van der Waals surface area contributed by atoms with Crippen molar-refractivity contribution in [2.45, 2.75) is 39.5 Å². The van der Waals surface area contributed by atoms with Gasteiger partial charge >= 0.3 is 0 Å². The third kappa shape index (κ3) is 3.57. The third-order valence-corrected chi connectivity index (χ3v) is 4.07. The molecular formula is C16H22N2S. The fourth-order valence-corrected chi connectivity index (χ4v) is 2.70. The summed E-state index contributed by atoms with van der Waals surface area (Å²) in [6.45, 7) is 9.85. The second-order valence-corrected chi connectivity index (χ2v) is 6.81. The number of aromatic nitrogens is 1. The highest BCUT2D eigenvalue weighted by Gasteiger charge is 2.13. The van der Waals surface area contributed by atoms with Gasteiger partial charge in [-0.25, -0.2) is 4.98 Å². The lowest BCUT2D eigenvalue weighted by atomic mass is 9.87. The number of nitrogens with zero attached hydrogens (tertiary/aromatic N) is 1. The Balaban J connectivity index is 2.16. The lowest BCUT2D eigenvalue weighted by Crippen LogP contribution is -2.10. The zero-order chi connectivity index (χ0) is 13.9. The van der Waals surface area contributed by atoms with Crippen LogP contribution < -0.4 is 5.32 Å². The largest absolute Gasteiger partial charge is 0.362 e. The second-order valence-electron chi connectivity index (χ2n) is 5.78. The molecule has 0 fully saturated rings. The summed E-state index contributed by atoms with van der Waals surface area (Å²) in [5.41, 5.74) is 2.82. The van der Waals surface area contributed by atoms with Gasteiger partial charge in [-0.15, -0.1) is 0 Å². The number of benzene rings is 1. The zero-order valence-electron chi connectivity index (χ0n) is 12.2. The molecule has 0 aliphatic carbocycles. The zero-order valence-corrected chi connectivity index (χ0v) is 13.0. The van der Waals surface area contributed by atoms with Crippen LogP contribution in [0.2, 0.25) is 0 Å². The Morgan fingerprint density at radius 2 is 1.84 bits per heavy atom. The number of hydrogen-bond donors (Lipinski definition) is 1. The normalized spacial score (nSPS) is 11.6. The number of nitrogens with one attached hydrogen (secondary N) is 1. The molecule has 0 saturated heterocycles. The molecule has 0 radical (unpaired) electrons. The third-order valence-electron chi connectivity index (χ3n) is 3.07. The molecule has 2 nitrogen and oxygen atoms in total. The van der Waals surface area contributed by atoms with Crippen LogP contribution in [0, 0.1) is 0 Å². The number of thiazole rings is 1. The van der Waals surface area contributed by atoms with Crippen LogP contribution in [-0.4, -0.2) is 11.5 Å². The van der Waals surface area contributed by atoms with Crippen molar-refractivity contribution in [3.63, 3.8) is 0 Å². The summed E-state index contributed by atoms with van der Waals surface area (Å²) in [5.74, 6) is 0. The van der Waals surface area contributed by atoms with E-state index < -0.39 is 0 Å². The minimum Gasteiger partial charge on any atom is -0.362 e. The molecule has 0 unspecified atom stereocenters. The number of rotatable bonds is 4. The first kappa shape index (κ1) is 14.1. The molecule has 0 aliphatic heterocycles. The van der Waals surface area contributed by atoms with Crippen LogP contribution in [0.1, 0.15) is 39.7 Å². The van der Waals surface area contributed by atoms with E-state index in [0.717, 1.165) is 18.1 Å². The molecular weight excluding hydrogens is 252 g/mol. The van der Waals surface area contributed by atoms with E-state index in [4.69, 9.17) is 0 Å². The molecule has 2 rings (SSSR count). The predicted octanol–water partition coefficient (Wildman–Crippen LogP) is 4.93. The number of hydrogen-bond acceptors (Lipinski definition) is 3. The van der Waals surface area contributed by atoms with E-state index in [2.05, 4.69) is 62.3 Å². The minimum absolute atomic E-state index is 0.208. The van der Waals surface area contributed by atoms with E-state index in [1.807, 2.05) is 6.20 Å². The molecule has 1 heterocycles. The van der Waals surface area contributed by atoms with Gasteiger partial charge in [0.25, 0.3) is 0 Å². The van der Waals surface area contributed by atoms with Crippen LogP contribution in [-0.2, 0) is 5.41 Å². The van der Waals surface area contributed by atoms with Crippen molar-refractivity contribution >= 4 is 16.5 Å². The second kappa shape index (κ2) is 5.74. The maximum Gasteiger partial charge on any atom is 0.183 e. The van der Waals surface area contributed by atoms with Gasteiger partial charge in [-0.1, -0.05) is 63.3 Å². The molecule has 0 bridgehead atoms. The van der Waals surface area contributed by atoms with Gasteiger partial charge in [-0.05, 0) is 23.0 Å². The SMILES string of the molecule is CCCNc1ncc(-c2ccc(C(C)(C)C)cc2)s1. The number of anilines is 1. The van der Waals surface area contributed by atoms with Gasteiger partial charge in [0, 0.05) is 12.7 Å². The Morgan fingerprint density at radius 3 is 2.42 bits per heavy atom. The summed E-state index contributed by atoms with van der Waals surface area (Å²) < 4.78 is 0. The predicted molar refractivity (Wildman–Crippen MR) is 85.0 cm³/mol. The fraction of sp³-hybridized carbons (Fsp3) is 0.438. The molecule has 0 amide bonds. The Hall–Kier alpha value is -1.35. The molecule has 0 saturated carbocycles. The van der Waals surface area contributed by atoms with Crippen molar-refractivity contribution in [2.75, 3.05) is 11.9 Å². The summed E-state index contributed by atoms with van der Waals surface area (Å²) >= 11 is 1.72. The van der Waals surface area contributed by atoms with Crippen molar-refractivity contribution < 1.29 is 0 Å². The molecule has 1 aromatic carbocycles. The van der Waals surface area contributed by atoms with Gasteiger partial charge in [0.05, 0.1) is 4.88 Å². The first-order valence-electron chi connectivity index (χ1n) is 6.81. The highest BCUT2D eigenvalue weighted by atomic mass is 32.1. The molecule has 3 heteroatoms. The monoisotopic (exact) mass is 274 g/mol. The van der Waals surface area contributed by atoms with E-state index in [1.54, 1.807) is 11.3 Å². The standard InChI is InChI=1S/C16H22N2S/c1-5-10-17-15-18-11-14(19-15)12-6-8-13(9-7-12)16(2,3)4/h6-9,11H,5,10H2,1-4H3,(H,17,18). The summed E-state index contributed by atoms with van der Waals surface area (Å²) in [6, 6.07) is 8.82. The molecule has 0 atom stereocenters. The smallest absolute Gasteiger partial charge is 0.183 e. The highest BCUT2D eigenvalue weighted by molar-refractivity contribution is 7.18. The van der Waals surface area contributed by atoms with Crippen LogP contribution in [0.3, 0.4) is 0 Å². The molecule has 19 heavy (non-hydrogen) atoms. The first-order chi connectivity index (χ1) is 9.00. The van der Waals surface area contributed by atoms with Crippen LogP contribution in [0.4, 0.5) is 5.13 Å². The Bertz CT molecular complexity index is 520. The van der Waals surface area contributed by atoms with Gasteiger partial charge in [0.1, 0.15) is 0 Å². The van der Waals surface area contributed by atoms with Crippen LogP contribution in [0.5, 0.6) is 0 Å². The Kier molecular flexibility index (Phi) is 4.25. The van der Waals surface area contributed by atoms with E-state index in [-0.39, 0.29) is 5.41 Å². The van der Waals surface area contributed by atoms with Gasteiger partial charge in [-0.2, -0.15) is 0 Å². The summed E-state index contributed by atoms with van der Waals surface area (Å²) in [4.78, 5) is 5.63. The van der Waals surface area contributed by atoms with Gasteiger partial charge < -0.3 is 5.32 Å². The molecule has 2 aromatic rings. The van der Waals surface area contributed by atoms with Gasteiger partial charge in [0.15, 0.2) is 5.13 Å². The average Bonchev–Trinajstić information content (AvgIpc) is 2.84. The molecule has 1 N–H and O–H groups in total. The molecule has 102 valence electrons. The fourth-order valence-electron chi connectivity index (χ4n) is 1.86. The van der Waals surface area contributed by atoms with Gasteiger partial charge in [-0.3, -0.25) is 0 Å². The van der Waals surface area contributed by atoms with Crippen LogP contribution >= 0.6 is 11.3 Å². The van der Waals surface area contributed by atoms with Crippen LogP contribution in [0.15, 0.2) is 30.5 Å². The Morgan fingerprint density at radius 1 is 1.16 bits per heavy atom. The molecule has 0 aliphatic rings.